The predicted octanol–water partition coefficient (Wildman–Crippen LogP) is 6.15. The lowest BCUT2D eigenvalue weighted by atomic mass is 9.90. The topological polar surface area (TPSA) is 61.4 Å². The van der Waals surface area contributed by atoms with Crippen LogP contribution in [-0.2, 0) is 11.2 Å². The molecule has 2 N–H and O–H groups in total. The number of rotatable bonds is 8. The number of carbonyl (C=O) groups is 2. The Hall–Kier alpha value is -3.35. The summed E-state index contributed by atoms with van der Waals surface area (Å²) in [6.07, 6.45) is 6.48. The lowest BCUT2D eigenvalue weighted by molar-refractivity contribution is -0.112. The molecule has 0 spiro atoms. The van der Waals surface area contributed by atoms with Crippen molar-refractivity contribution in [3.8, 4) is 0 Å². The Morgan fingerprint density at radius 1 is 1.05 bits per heavy atom. The van der Waals surface area contributed by atoms with Crippen molar-refractivity contribution in [2.45, 2.75) is 37.5 Å². The molecule has 3 aromatic rings. The maximum atomic E-state index is 12.8. The van der Waals surface area contributed by atoms with Crippen LogP contribution in [0.4, 0.5) is 5.69 Å². The number of anilines is 1. The molecule has 5 rings (SSSR count). The summed E-state index contributed by atoms with van der Waals surface area (Å²) in [7, 11) is 0. The van der Waals surface area contributed by atoms with Crippen LogP contribution in [0.2, 0.25) is 0 Å². The molecular weight excluding hydrogens is 490 g/mol. The van der Waals surface area contributed by atoms with E-state index in [0.29, 0.717) is 22.7 Å². The summed E-state index contributed by atoms with van der Waals surface area (Å²) in [4.78, 5) is 29.5. The average Bonchev–Trinajstić information content (AvgIpc) is 2.94. The number of hydrogen-bond donors (Lipinski definition) is 2. The van der Waals surface area contributed by atoms with Crippen LogP contribution in [0.3, 0.4) is 0 Å². The van der Waals surface area contributed by atoms with Gasteiger partial charge in [0.05, 0.1) is 10.6 Å². The van der Waals surface area contributed by atoms with Gasteiger partial charge in [-0.1, -0.05) is 71.9 Å². The van der Waals surface area contributed by atoms with Crippen LogP contribution in [0.15, 0.2) is 82.6 Å². The molecule has 0 aromatic heterocycles. The van der Waals surface area contributed by atoms with Gasteiger partial charge in [0, 0.05) is 17.0 Å². The highest BCUT2D eigenvalue weighted by Gasteiger charge is 2.23. The third-order valence-electron chi connectivity index (χ3n) is 7.32. The maximum Gasteiger partial charge on any atom is 0.262 e. The number of nitrogens with one attached hydrogen (secondary N) is 2. The van der Waals surface area contributed by atoms with E-state index in [1.54, 1.807) is 6.07 Å². The fourth-order valence-corrected chi connectivity index (χ4v) is 6.02. The van der Waals surface area contributed by atoms with Gasteiger partial charge in [-0.3, -0.25) is 9.59 Å². The molecule has 1 saturated heterocycles. The minimum atomic E-state index is -0.145. The van der Waals surface area contributed by atoms with Gasteiger partial charge in [0.15, 0.2) is 0 Å². The molecule has 6 heteroatoms. The second-order valence-electron chi connectivity index (χ2n) is 10.3. The molecule has 5 nitrogen and oxygen atoms in total. The number of nitrogens with zero attached hydrogens (tertiary/aromatic N) is 1. The van der Waals surface area contributed by atoms with Crippen LogP contribution in [-0.4, -0.2) is 42.9 Å². The van der Waals surface area contributed by atoms with E-state index < -0.39 is 0 Å². The number of likely N-dealkylation sites (tertiary alicyclic amines) is 1. The number of aryl methyl sites for hydroxylation is 1. The summed E-state index contributed by atoms with van der Waals surface area (Å²) in [5.74, 6) is 0.521. The predicted molar refractivity (Wildman–Crippen MR) is 156 cm³/mol. The van der Waals surface area contributed by atoms with Crippen LogP contribution in [0.1, 0.15) is 46.3 Å². The van der Waals surface area contributed by atoms with Crippen molar-refractivity contribution in [1.29, 1.82) is 0 Å². The van der Waals surface area contributed by atoms with E-state index in [4.69, 9.17) is 0 Å². The van der Waals surface area contributed by atoms with Crippen molar-refractivity contribution in [2.75, 3.05) is 31.5 Å². The standard InChI is InChI=1S/C32H35N3O2S/c1-23-8-10-25(11-9-23)21-30-32(37)34-28-22-27(12-13-29(28)38-30)31(36)33-16-5-17-35-18-14-26(15-19-35)20-24-6-3-2-4-7-24/h2-4,6-13,21-22,26H,5,14-20H2,1H3,(H,33,36)(H,34,37). The maximum absolute atomic E-state index is 12.8. The molecule has 0 unspecified atom stereocenters. The van der Waals surface area contributed by atoms with Gasteiger partial charge in [-0.25, -0.2) is 0 Å². The highest BCUT2D eigenvalue weighted by Crippen LogP contribution is 2.39. The van der Waals surface area contributed by atoms with E-state index in [2.05, 4.69) is 45.9 Å². The quantitative estimate of drug-likeness (QED) is 0.273. The van der Waals surface area contributed by atoms with E-state index in [9.17, 15) is 9.59 Å². The smallest absolute Gasteiger partial charge is 0.262 e. The number of hydrogen-bond acceptors (Lipinski definition) is 4. The summed E-state index contributed by atoms with van der Waals surface area (Å²) in [6.45, 7) is 5.96. The molecule has 2 heterocycles. The van der Waals surface area contributed by atoms with E-state index in [1.165, 1.54) is 42.2 Å². The van der Waals surface area contributed by atoms with E-state index in [1.807, 2.05) is 49.4 Å². The normalized spacial score (nSPS) is 17.2. The van der Waals surface area contributed by atoms with Gasteiger partial charge in [-0.15, -0.1) is 0 Å². The number of amides is 2. The van der Waals surface area contributed by atoms with Crippen molar-refractivity contribution in [3.05, 3.63) is 100.0 Å². The molecule has 0 saturated carbocycles. The molecular formula is C32H35N3O2S. The fraction of sp³-hybridized carbons (Fsp3) is 0.312. The summed E-state index contributed by atoms with van der Waals surface area (Å²) in [6, 6.07) is 24.4. The van der Waals surface area contributed by atoms with Gasteiger partial charge >= 0.3 is 0 Å². The van der Waals surface area contributed by atoms with Gasteiger partial charge in [-0.2, -0.15) is 0 Å². The summed E-state index contributed by atoms with van der Waals surface area (Å²) in [5.41, 5.74) is 4.87. The number of benzene rings is 3. The Morgan fingerprint density at radius 3 is 2.58 bits per heavy atom. The fourth-order valence-electron chi connectivity index (χ4n) is 5.08. The minimum absolute atomic E-state index is 0.102. The van der Waals surface area contributed by atoms with Crippen LogP contribution in [0.5, 0.6) is 0 Å². The Balaban J connectivity index is 1.06. The molecule has 38 heavy (non-hydrogen) atoms. The second-order valence-corrected chi connectivity index (χ2v) is 11.4. The van der Waals surface area contributed by atoms with Crippen LogP contribution in [0, 0.1) is 12.8 Å². The Kier molecular flexibility index (Phi) is 8.61. The highest BCUT2D eigenvalue weighted by atomic mass is 32.2. The lowest BCUT2D eigenvalue weighted by Gasteiger charge is -2.32. The SMILES string of the molecule is Cc1ccc(C=C2Sc3ccc(C(=O)NCCCN4CCC(Cc5ccccc5)CC4)cc3NC2=O)cc1. The van der Waals surface area contributed by atoms with Crippen LogP contribution < -0.4 is 10.6 Å². The molecule has 1 fully saturated rings. The monoisotopic (exact) mass is 525 g/mol. The van der Waals surface area contributed by atoms with Crippen molar-refractivity contribution in [1.82, 2.24) is 10.2 Å². The molecule has 2 amide bonds. The zero-order valence-corrected chi connectivity index (χ0v) is 22.7. The van der Waals surface area contributed by atoms with E-state index in [-0.39, 0.29) is 11.8 Å². The van der Waals surface area contributed by atoms with Crippen LogP contribution >= 0.6 is 11.8 Å². The summed E-state index contributed by atoms with van der Waals surface area (Å²) >= 11 is 1.43. The first-order chi connectivity index (χ1) is 18.5. The van der Waals surface area contributed by atoms with Gasteiger partial charge in [0.1, 0.15) is 0 Å². The molecule has 0 aliphatic carbocycles. The average molecular weight is 526 g/mol. The third-order valence-corrected chi connectivity index (χ3v) is 8.42. The molecule has 2 aliphatic rings. The molecule has 0 bridgehead atoms. The van der Waals surface area contributed by atoms with Gasteiger partial charge in [0.2, 0.25) is 0 Å². The molecule has 0 radical (unpaired) electrons. The zero-order chi connectivity index (χ0) is 26.3. The van der Waals surface area contributed by atoms with E-state index in [0.717, 1.165) is 42.4 Å². The first-order valence-corrected chi connectivity index (χ1v) is 14.3. The number of carbonyl (C=O) groups excluding carboxylic acids is 2. The largest absolute Gasteiger partial charge is 0.352 e. The zero-order valence-electron chi connectivity index (χ0n) is 21.9. The Labute approximate surface area is 229 Å². The number of piperidine rings is 1. The lowest BCUT2D eigenvalue weighted by Crippen LogP contribution is -2.36. The Morgan fingerprint density at radius 2 is 1.82 bits per heavy atom. The summed E-state index contributed by atoms with van der Waals surface area (Å²) < 4.78 is 0. The van der Waals surface area contributed by atoms with Gasteiger partial charge in [0.25, 0.3) is 11.8 Å². The molecule has 0 atom stereocenters. The van der Waals surface area contributed by atoms with Crippen molar-refractivity contribution < 1.29 is 9.59 Å². The number of thioether (sulfide) groups is 1. The third kappa shape index (κ3) is 6.94. The molecule has 2 aliphatic heterocycles. The first-order valence-electron chi connectivity index (χ1n) is 13.5. The molecule has 196 valence electrons. The van der Waals surface area contributed by atoms with Crippen LogP contribution in [0.25, 0.3) is 6.08 Å². The van der Waals surface area contributed by atoms with Gasteiger partial charge < -0.3 is 15.5 Å². The molecule has 3 aromatic carbocycles. The van der Waals surface area contributed by atoms with Gasteiger partial charge in [-0.05, 0) is 93.6 Å². The van der Waals surface area contributed by atoms with Crippen molar-refractivity contribution >= 4 is 35.3 Å². The minimum Gasteiger partial charge on any atom is -0.352 e. The number of fused-ring (bicyclic) bond motifs is 1. The second kappa shape index (κ2) is 12.5. The Bertz CT molecular complexity index is 1300. The van der Waals surface area contributed by atoms with Crippen molar-refractivity contribution in [2.24, 2.45) is 5.92 Å². The van der Waals surface area contributed by atoms with Crippen molar-refractivity contribution in [3.63, 3.8) is 0 Å². The summed E-state index contributed by atoms with van der Waals surface area (Å²) in [5, 5.41) is 6.00. The first kappa shape index (κ1) is 26.3. The highest BCUT2D eigenvalue weighted by molar-refractivity contribution is 8.04. The van der Waals surface area contributed by atoms with E-state index >= 15 is 0 Å².